The van der Waals surface area contributed by atoms with Crippen molar-refractivity contribution >= 4 is 27.3 Å². The van der Waals surface area contributed by atoms with E-state index in [9.17, 15) is 27.7 Å². The zero-order valence-electron chi connectivity index (χ0n) is 15.5. The van der Waals surface area contributed by atoms with Crippen LogP contribution in [0.25, 0.3) is 0 Å². The fraction of sp³-hybridized carbons (Fsp3) is 0.278. The molecule has 0 saturated heterocycles. The maximum absolute atomic E-state index is 13.0. The summed E-state index contributed by atoms with van der Waals surface area (Å²) in [5.41, 5.74) is 0.594. The van der Waals surface area contributed by atoms with Crippen molar-refractivity contribution in [1.82, 2.24) is 5.32 Å². The maximum Gasteiger partial charge on any atom is 0.274 e. The van der Waals surface area contributed by atoms with E-state index in [2.05, 4.69) is 5.32 Å². The number of carbonyl (C=O) groups excluding carboxylic acids is 1. The van der Waals surface area contributed by atoms with Gasteiger partial charge in [0.05, 0.1) is 28.5 Å². The van der Waals surface area contributed by atoms with Gasteiger partial charge in [0, 0.05) is 6.07 Å². The molecule has 1 amide bonds. The average Bonchev–Trinajstić information content (AvgIpc) is 2.59. The number of benzene rings is 2. The Morgan fingerprint density at radius 3 is 2.39 bits per heavy atom. The van der Waals surface area contributed by atoms with Gasteiger partial charge in [0.2, 0.25) is 15.9 Å². The van der Waals surface area contributed by atoms with Crippen molar-refractivity contribution in [3.8, 4) is 0 Å². The Bertz CT molecular complexity index is 993. The van der Waals surface area contributed by atoms with Crippen molar-refractivity contribution in [2.24, 2.45) is 0 Å². The second-order valence-electron chi connectivity index (χ2n) is 6.29. The molecule has 0 aliphatic carbocycles. The number of rotatable bonds is 7. The third kappa shape index (κ3) is 5.03. The van der Waals surface area contributed by atoms with E-state index in [4.69, 9.17) is 0 Å². The van der Waals surface area contributed by atoms with Crippen LogP contribution in [0.15, 0.2) is 42.5 Å². The van der Waals surface area contributed by atoms with E-state index in [1.807, 2.05) is 0 Å². The molecule has 2 aromatic carbocycles. The van der Waals surface area contributed by atoms with Gasteiger partial charge in [-0.1, -0.05) is 18.2 Å². The lowest BCUT2D eigenvalue weighted by Gasteiger charge is -2.24. The van der Waals surface area contributed by atoms with Gasteiger partial charge < -0.3 is 5.32 Å². The number of hydrogen-bond donors (Lipinski definition) is 1. The van der Waals surface area contributed by atoms with Gasteiger partial charge in [-0.15, -0.1) is 0 Å². The first-order chi connectivity index (χ1) is 13.0. The van der Waals surface area contributed by atoms with Crippen LogP contribution in [0.4, 0.5) is 15.8 Å². The van der Waals surface area contributed by atoms with Gasteiger partial charge in [-0.3, -0.25) is 19.2 Å². The average molecular weight is 409 g/mol. The van der Waals surface area contributed by atoms with Crippen molar-refractivity contribution in [2.45, 2.75) is 19.9 Å². The molecule has 0 aliphatic rings. The van der Waals surface area contributed by atoms with Crippen molar-refractivity contribution in [1.29, 1.82) is 0 Å². The number of hydrogen-bond acceptors (Lipinski definition) is 5. The second kappa shape index (κ2) is 8.34. The minimum absolute atomic E-state index is 0.0567. The van der Waals surface area contributed by atoms with E-state index in [1.165, 1.54) is 49.4 Å². The van der Waals surface area contributed by atoms with E-state index < -0.39 is 39.3 Å². The molecule has 0 heterocycles. The molecule has 0 radical (unpaired) electrons. The first kappa shape index (κ1) is 21.3. The van der Waals surface area contributed by atoms with E-state index in [0.29, 0.717) is 5.56 Å². The number of anilines is 1. The molecule has 0 bridgehead atoms. The number of nitro benzene ring substituents is 1. The van der Waals surface area contributed by atoms with E-state index in [1.54, 1.807) is 6.92 Å². The number of nitro groups is 1. The number of sulfonamides is 1. The molecule has 0 unspecified atom stereocenters. The van der Waals surface area contributed by atoms with Crippen molar-refractivity contribution in [3.63, 3.8) is 0 Å². The summed E-state index contributed by atoms with van der Waals surface area (Å²) in [7, 11) is -3.88. The number of nitrogens with one attached hydrogen (secondary N) is 1. The molecule has 0 aromatic heterocycles. The van der Waals surface area contributed by atoms with Crippen LogP contribution in [0.1, 0.15) is 24.1 Å². The van der Waals surface area contributed by atoms with Crippen molar-refractivity contribution in [3.05, 3.63) is 69.5 Å². The fourth-order valence-electron chi connectivity index (χ4n) is 2.71. The highest BCUT2D eigenvalue weighted by atomic mass is 32.2. The Hall–Kier alpha value is -3.01. The largest absolute Gasteiger partial charge is 0.348 e. The first-order valence-corrected chi connectivity index (χ1v) is 10.1. The predicted octanol–water partition coefficient (Wildman–Crippen LogP) is 2.69. The summed E-state index contributed by atoms with van der Waals surface area (Å²) in [5, 5.41) is 13.8. The van der Waals surface area contributed by atoms with Gasteiger partial charge in [0.15, 0.2) is 0 Å². The summed E-state index contributed by atoms with van der Waals surface area (Å²) < 4.78 is 38.3. The van der Waals surface area contributed by atoms with Crippen LogP contribution in [0.3, 0.4) is 0 Å². The molecule has 2 aromatic rings. The molecule has 28 heavy (non-hydrogen) atoms. The van der Waals surface area contributed by atoms with Crippen LogP contribution < -0.4 is 9.62 Å². The Kier molecular flexibility index (Phi) is 6.34. The zero-order chi connectivity index (χ0) is 21.1. The third-order valence-electron chi connectivity index (χ3n) is 4.18. The van der Waals surface area contributed by atoms with Crippen LogP contribution in [-0.4, -0.2) is 32.0 Å². The lowest BCUT2D eigenvalue weighted by Crippen LogP contribution is -2.41. The second-order valence-corrected chi connectivity index (χ2v) is 8.20. The molecule has 2 rings (SSSR count). The Morgan fingerprint density at radius 1 is 1.25 bits per heavy atom. The third-order valence-corrected chi connectivity index (χ3v) is 5.30. The molecule has 10 heteroatoms. The summed E-state index contributed by atoms with van der Waals surface area (Å²) in [5.74, 6) is -1.01. The minimum Gasteiger partial charge on any atom is -0.348 e. The monoisotopic (exact) mass is 409 g/mol. The molecular formula is C18H20FN3O5S. The topological polar surface area (TPSA) is 110 Å². The lowest BCUT2D eigenvalue weighted by molar-refractivity contribution is -0.385. The Labute approximate surface area is 162 Å². The summed E-state index contributed by atoms with van der Waals surface area (Å²) >= 11 is 0. The number of carbonyl (C=O) groups is 1. The van der Waals surface area contributed by atoms with Crippen molar-refractivity contribution < 1.29 is 22.5 Å². The molecule has 0 spiro atoms. The Morgan fingerprint density at radius 2 is 1.86 bits per heavy atom. The van der Waals surface area contributed by atoms with Gasteiger partial charge in [0.25, 0.3) is 5.69 Å². The van der Waals surface area contributed by atoms with Gasteiger partial charge in [-0.25, -0.2) is 12.8 Å². The molecule has 0 aliphatic heterocycles. The fourth-order valence-corrected chi connectivity index (χ4v) is 3.62. The standard InChI is InChI=1S/C18H20FN3O5S/c1-12-16(5-4-6-17(12)22(24)25)21(28(3,26)27)11-18(23)20-13(2)14-7-9-15(19)10-8-14/h4-10,13H,11H2,1-3H3,(H,20,23)/t13-/m0/s1. The highest BCUT2D eigenvalue weighted by Crippen LogP contribution is 2.29. The molecule has 0 fully saturated rings. The van der Waals surface area contributed by atoms with E-state index in [-0.39, 0.29) is 16.9 Å². The van der Waals surface area contributed by atoms with E-state index >= 15 is 0 Å². The van der Waals surface area contributed by atoms with Gasteiger partial charge in [0.1, 0.15) is 12.4 Å². The molecule has 0 saturated carbocycles. The SMILES string of the molecule is Cc1c(N(CC(=O)N[C@@H](C)c2ccc(F)cc2)S(C)(=O)=O)cccc1[N+](=O)[O-]. The van der Waals surface area contributed by atoms with Crippen LogP contribution in [0.2, 0.25) is 0 Å². The summed E-state index contributed by atoms with van der Waals surface area (Å²) in [6, 6.07) is 9.08. The minimum atomic E-state index is -3.88. The Balaban J connectivity index is 2.26. The predicted molar refractivity (Wildman–Crippen MR) is 103 cm³/mol. The highest BCUT2D eigenvalue weighted by Gasteiger charge is 2.26. The maximum atomic E-state index is 13.0. The van der Waals surface area contributed by atoms with Gasteiger partial charge in [-0.05, 0) is 37.6 Å². The number of amides is 1. The van der Waals surface area contributed by atoms with Crippen LogP contribution in [0, 0.1) is 22.9 Å². The number of nitrogens with zero attached hydrogens (tertiary/aromatic N) is 2. The van der Waals surface area contributed by atoms with Crippen LogP contribution in [-0.2, 0) is 14.8 Å². The quantitative estimate of drug-likeness (QED) is 0.558. The van der Waals surface area contributed by atoms with Gasteiger partial charge in [-0.2, -0.15) is 0 Å². The first-order valence-electron chi connectivity index (χ1n) is 8.27. The molecule has 150 valence electrons. The zero-order valence-corrected chi connectivity index (χ0v) is 16.4. The molecule has 1 N–H and O–H groups in total. The molecule has 8 nitrogen and oxygen atoms in total. The number of halogens is 1. The summed E-state index contributed by atoms with van der Waals surface area (Å²) in [4.78, 5) is 22.9. The van der Waals surface area contributed by atoms with Crippen LogP contribution in [0.5, 0.6) is 0 Å². The normalized spacial score (nSPS) is 12.3. The smallest absolute Gasteiger partial charge is 0.274 e. The van der Waals surface area contributed by atoms with E-state index in [0.717, 1.165) is 10.6 Å². The van der Waals surface area contributed by atoms with Crippen molar-refractivity contribution in [2.75, 3.05) is 17.1 Å². The highest BCUT2D eigenvalue weighted by molar-refractivity contribution is 7.92. The molecule has 1 atom stereocenters. The summed E-state index contributed by atoms with van der Waals surface area (Å²) in [6.07, 6.45) is 0.919. The summed E-state index contributed by atoms with van der Waals surface area (Å²) in [6.45, 7) is 2.55. The molecular weight excluding hydrogens is 389 g/mol. The van der Waals surface area contributed by atoms with Crippen LogP contribution >= 0.6 is 0 Å². The lowest BCUT2D eigenvalue weighted by atomic mass is 10.1. The van der Waals surface area contributed by atoms with Gasteiger partial charge >= 0.3 is 0 Å².